The highest BCUT2D eigenvalue weighted by Gasteiger charge is 2.17. The van der Waals surface area contributed by atoms with Crippen molar-refractivity contribution >= 4 is 27.5 Å². The minimum atomic E-state index is -3.90. The van der Waals surface area contributed by atoms with Crippen LogP contribution in [0.4, 0.5) is 5.69 Å². The molecule has 7 heteroatoms. The van der Waals surface area contributed by atoms with E-state index in [1.54, 1.807) is 30.3 Å². The van der Waals surface area contributed by atoms with E-state index < -0.39 is 15.9 Å². The SMILES string of the molecule is Cc1ccc(NC(=O)CCC(=O)NS(=O)(=O)c2ccccc2)cc1. The van der Waals surface area contributed by atoms with Crippen LogP contribution in [0.3, 0.4) is 0 Å². The van der Waals surface area contributed by atoms with Crippen molar-refractivity contribution in [2.24, 2.45) is 0 Å². The molecule has 24 heavy (non-hydrogen) atoms. The second-order valence-corrected chi connectivity index (χ2v) is 6.94. The average molecular weight is 346 g/mol. The molecule has 6 nitrogen and oxygen atoms in total. The van der Waals surface area contributed by atoms with Gasteiger partial charge in [-0.3, -0.25) is 9.59 Å². The van der Waals surface area contributed by atoms with Crippen LogP contribution in [0.2, 0.25) is 0 Å². The predicted octanol–water partition coefficient (Wildman–Crippen LogP) is 2.22. The van der Waals surface area contributed by atoms with E-state index in [1.807, 2.05) is 23.8 Å². The first-order valence-electron chi connectivity index (χ1n) is 7.34. The van der Waals surface area contributed by atoms with Crippen molar-refractivity contribution in [1.82, 2.24) is 4.72 Å². The fraction of sp³-hybridized carbons (Fsp3) is 0.176. The zero-order valence-electron chi connectivity index (χ0n) is 13.2. The molecule has 2 amide bonds. The molecule has 0 aromatic heterocycles. The number of carbonyl (C=O) groups is 2. The Bertz CT molecular complexity index is 815. The van der Waals surface area contributed by atoms with E-state index in [0.717, 1.165) is 5.56 Å². The molecule has 0 aliphatic carbocycles. The molecule has 0 saturated carbocycles. The van der Waals surface area contributed by atoms with Crippen molar-refractivity contribution in [3.8, 4) is 0 Å². The van der Waals surface area contributed by atoms with Gasteiger partial charge in [0, 0.05) is 18.5 Å². The van der Waals surface area contributed by atoms with Crippen LogP contribution in [-0.2, 0) is 19.6 Å². The predicted molar refractivity (Wildman–Crippen MR) is 90.8 cm³/mol. The fourth-order valence-electron chi connectivity index (χ4n) is 1.95. The van der Waals surface area contributed by atoms with Crippen molar-refractivity contribution in [1.29, 1.82) is 0 Å². The molecule has 0 unspecified atom stereocenters. The van der Waals surface area contributed by atoms with Gasteiger partial charge in [0.15, 0.2) is 0 Å². The maximum absolute atomic E-state index is 12.0. The van der Waals surface area contributed by atoms with Crippen LogP contribution in [0.25, 0.3) is 0 Å². The quantitative estimate of drug-likeness (QED) is 0.839. The maximum Gasteiger partial charge on any atom is 0.264 e. The van der Waals surface area contributed by atoms with Gasteiger partial charge in [-0.25, -0.2) is 13.1 Å². The summed E-state index contributed by atoms with van der Waals surface area (Å²) in [4.78, 5) is 23.6. The molecule has 2 N–H and O–H groups in total. The number of hydrogen-bond donors (Lipinski definition) is 2. The maximum atomic E-state index is 12.0. The molecule has 0 atom stereocenters. The Balaban J connectivity index is 1.84. The highest BCUT2D eigenvalue weighted by molar-refractivity contribution is 7.90. The van der Waals surface area contributed by atoms with Crippen LogP contribution < -0.4 is 10.0 Å². The summed E-state index contributed by atoms with van der Waals surface area (Å²) in [6, 6.07) is 14.8. The smallest absolute Gasteiger partial charge is 0.264 e. The summed E-state index contributed by atoms with van der Waals surface area (Å²) in [6.07, 6.45) is -0.326. The molecule has 0 radical (unpaired) electrons. The third-order valence-electron chi connectivity index (χ3n) is 3.22. The minimum Gasteiger partial charge on any atom is -0.326 e. The Morgan fingerprint density at radius 1 is 0.875 bits per heavy atom. The van der Waals surface area contributed by atoms with E-state index in [0.29, 0.717) is 5.69 Å². The Hall–Kier alpha value is -2.67. The van der Waals surface area contributed by atoms with Crippen molar-refractivity contribution in [3.63, 3.8) is 0 Å². The van der Waals surface area contributed by atoms with Gasteiger partial charge in [0.05, 0.1) is 4.90 Å². The summed E-state index contributed by atoms with van der Waals surface area (Å²) in [6.45, 7) is 1.93. The summed E-state index contributed by atoms with van der Waals surface area (Å²) in [7, 11) is -3.90. The first-order chi connectivity index (χ1) is 11.4. The van der Waals surface area contributed by atoms with Crippen LogP contribution in [0, 0.1) is 6.92 Å². The lowest BCUT2D eigenvalue weighted by Gasteiger charge is -2.07. The van der Waals surface area contributed by atoms with Gasteiger partial charge in [-0.2, -0.15) is 0 Å². The Kier molecular flexibility index (Phi) is 5.70. The average Bonchev–Trinajstić information content (AvgIpc) is 2.56. The van der Waals surface area contributed by atoms with Gasteiger partial charge >= 0.3 is 0 Å². The number of benzene rings is 2. The number of hydrogen-bond acceptors (Lipinski definition) is 4. The molecule has 2 aromatic rings. The molecular weight excluding hydrogens is 328 g/mol. The van der Waals surface area contributed by atoms with Crippen molar-refractivity contribution < 1.29 is 18.0 Å². The normalized spacial score (nSPS) is 10.9. The van der Waals surface area contributed by atoms with Crippen molar-refractivity contribution in [2.45, 2.75) is 24.7 Å². The number of nitrogens with one attached hydrogen (secondary N) is 2. The number of rotatable bonds is 6. The van der Waals surface area contributed by atoms with Crippen molar-refractivity contribution in [3.05, 3.63) is 60.2 Å². The van der Waals surface area contributed by atoms with E-state index in [2.05, 4.69) is 5.32 Å². The summed E-state index contributed by atoms with van der Waals surface area (Å²) >= 11 is 0. The number of sulfonamides is 1. The van der Waals surface area contributed by atoms with Crippen LogP contribution in [0.5, 0.6) is 0 Å². The summed E-state index contributed by atoms with van der Waals surface area (Å²) in [5.41, 5.74) is 1.70. The van der Waals surface area contributed by atoms with Gasteiger partial charge in [0.1, 0.15) is 0 Å². The fourth-order valence-corrected chi connectivity index (χ4v) is 2.98. The monoisotopic (exact) mass is 346 g/mol. The third-order valence-corrected chi connectivity index (χ3v) is 4.61. The van der Waals surface area contributed by atoms with E-state index in [9.17, 15) is 18.0 Å². The lowest BCUT2D eigenvalue weighted by molar-refractivity contribution is -0.123. The Morgan fingerprint density at radius 3 is 2.08 bits per heavy atom. The van der Waals surface area contributed by atoms with Gasteiger partial charge in [-0.05, 0) is 31.2 Å². The molecule has 0 fully saturated rings. The molecule has 0 aliphatic heterocycles. The van der Waals surface area contributed by atoms with E-state index in [-0.39, 0.29) is 23.6 Å². The zero-order valence-corrected chi connectivity index (χ0v) is 14.0. The van der Waals surface area contributed by atoms with Crippen LogP contribution in [0.15, 0.2) is 59.5 Å². The molecule has 0 aliphatic rings. The second kappa shape index (κ2) is 7.74. The molecule has 0 bridgehead atoms. The van der Waals surface area contributed by atoms with Gasteiger partial charge in [-0.1, -0.05) is 35.9 Å². The lowest BCUT2D eigenvalue weighted by Crippen LogP contribution is -2.31. The topological polar surface area (TPSA) is 92.3 Å². The second-order valence-electron chi connectivity index (χ2n) is 5.26. The third kappa shape index (κ3) is 5.20. The van der Waals surface area contributed by atoms with Gasteiger partial charge < -0.3 is 5.32 Å². The Labute approximate surface area is 140 Å². The Morgan fingerprint density at radius 2 is 1.46 bits per heavy atom. The van der Waals surface area contributed by atoms with E-state index >= 15 is 0 Å². The molecule has 0 heterocycles. The van der Waals surface area contributed by atoms with E-state index in [1.165, 1.54) is 12.1 Å². The number of anilines is 1. The van der Waals surface area contributed by atoms with Gasteiger partial charge in [-0.15, -0.1) is 0 Å². The largest absolute Gasteiger partial charge is 0.326 e. The minimum absolute atomic E-state index is 0.00227. The number of carbonyl (C=O) groups excluding carboxylic acids is 2. The number of aryl methyl sites for hydroxylation is 1. The highest BCUT2D eigenvalue weighted by Crippen LogP contribution is 2.10. The molecule has 2 rings (SSSR count). The van der Waals surface area contributed by atoms with Crippen LogP contribution in [-0.4, -0.2) is 20.2 Å². The van der Waals surface area contributed by atoms with E-state index in [4.69, 9.17) is 0 Å². The zero-order chi connectivity index (χ0) is 17.6. The highest BCUT2D eigenvalue weighted by atomic mass is 32.2. The summed E-state index contributed by atoms with van der Waals surface area (Å²) in [5.74, 6) is -1.08. The molecule has 2 aromatic carbocycles. The van der Waals surface area contributed by atoms with Crippen LogP contribution in [0.1, 0.15) is 18.4 Å². The summed E-state index contributed by atoms with van der Waals surface area (Å²) in [5, 5.41) is 2.65. The molecule has 126 valence electrons. The van der Waals surface area contributed by atoms with Crippen LogP contribution >= 0.6 is 0 Å². The van der Waals surface area contributed by atoms with Crippen molar-refractivity contribution in [2.75, 3.05) is 5.32 Å². The molecular formula is C17H18N2O4S. The standard InChI is InChI=1S/C17H18N2O4S/c1-13-7-9-14(10-8-13)18-16(20)11-12-17(21)19-24(22,23)15-5-3-2-4-6-15/h2-10H,11-12H2,1H3,(H,18,20)(H,19,21). The van der Waals surface area contributed by atoms with Gasteiger partial charge in [0.2, 0.25) is 11.8 Å². The van der Waals surface area contributed by atoms with Gasteiger partial charge in [0.25, 0.3) is 10.0 Å². The molecule has 0 spiro atoms. The summed E-state index contributed by atoms with van der Waals surface area (Å²) < 4.78 is 25.9. The first-order valence-corrected chi connectivity index (χ1v) is 8.82. The number of amides is 2. The first kappa shape index (κ1) is 17.7. The molecule has 0 saturated heterocycles. The lowest BCUT2D eigenvalue weighted by atomic mass is 10.2.